The largest absolute Gasteiger partial charge is 0.321 e. The molecule has 0 bridgehead atoms. The molecule has 1 N–H and O–H groups in total. The van der Waals surface area contributed by atoms with Gasteiger partial charge in [0, 0.05) is 24.7 Å². The van der Waals surface area contributed by atoms with Crippen molar-refractivity contribution in [3.8, 4) is 0 Å². The summed E-state index contributed by atoms with van der Waals surface area (Å²) < 4.78 is 1.62. The number of Topliss-reactive ketones (excluding diaryl/α,β-unsaturated/α-hetero) is 1. The van der Waals surface area contributed by atoms with E-state index in [1.807, 2.05) is 31.2 Å². The molecule has 2 aromatic rings. The van der Waals surface area contributed by atoms with Crippen LogP contribution in [-0.4, -0.2) is 21.5 Å². The number of rotatable bonds is 2. The minimum Gasteiger partial charge on any atom is -0.321 e. The molecule has 0 aliphatic carbocycles. The fourth-order valence-electron chi connectivity index (χ4n) is 2.27. The number of aromatic nitrogens is 2. The van der Waals surface area contributed by atoms with Crippen molar-refractivity contribution in [2.24, 2.45) is 0 Å². The first-order chi connectivity index (χ1) is 9.63. The van der Waals surface area contributed by atoms with Crippen LogP contribution in [0, 0.1) is 6.92 Å². The van der Waals surface area contributed by atoms with Gasteiger partial charge in [-0.3, -0.25) is 14.3 Å². The molecule has 0 fully saturated rings. The van der Waals surface area contributed by atoms with E-state index in [0.717, 1.165) is 17.7 Å². The SMILES string of the molecule is Cc1ccc(NC(=O)c2cc3n(n2)CCCC3=O)cc1. The molecule has 20 heavy (non-hydrogen) atoms. The Bertz CT molecular complexity index is 671. The molecule has 2 heterocycles. The van der Waals surface area contributed by atoms with Gasteiger partial charge in [-0.05, 0) is 25.5 Å². The van der Waals surface area contributed by atoms with E-state index in [0.29, 0.717) is 18.7 Å². The van der Waals surface area contributed by atoms with Crippen LogP contribution in [-0.2, 0) is 6.54 Å². The van der Waals surface area contributed by atoms with Crippen molar-refractivity contribution >= 4 is 17.4 Å². The molecular weight excluding hydrogens is 254 g/mol. The first kappa shape index (κ1) is 12.6. The number of ketones is 1. The molecule has 1 aliphatic heterocycles. The molecule has 5 nitrogen and oxygen atoms in total. The van der Waals surface area contributed by atoms with E-state index in [9.17, 15) is 9.59 Å². The van der Waals surface area contributed by atoms with Crippen LogP contribution in [0.1, 0.15) is 39.4 Å². The van der Waals surface area contributed by atoms with Crippen molar-refractivity contribution in [3.05, 3.63) is 47.3 Å². The Hall–Kier alpha value is -2.43. The number of amides is 1. The summed E-state index contributed by atoms with van der Waals surface area (Å²) >= 11 is 0. The minimum atomic E-state index is -0.288. The van der Waals surface area contributed by atoms with Gasteiger partial charge in [0.15, 0.2) is 11.5 Å². The standard InChI is InChI=1S/C15H15N3O2/c1-10-4-6-11(7-5-10)16-15(20)12-9-13-14(19)3-2-8-18(13)17-12/h4-7,9H,2-3,8H2,1H3,(H,16,20). The molecule has 0 saturated heterocycles. The van der Waals surface area contributed by atoms with Crippen LogP contribution in [0.15, 0.2) is 30.3 Å². The predicted octanol–water partition coefficient (Wildman–Crippen LogP) is 2.42. The second-order valence-electron chi connectivity index (χ2n) is 4.98. The van der Waals surface area contributed by atoms with Gasteiger partial charge in [0.2, 0.25) is 0 Å². The maximum atomic E-state index is 12.1. The van der Waals surface area contributed by atoms with Gasteiger partial charge in [0.05, 0.1) is 0 Å². The van der Waals surface area contributed by atoms with Crippen molar-refractivity contribution in [3.63, 3.8) is 0 Å². The van der Waals surface area contributed by atoms with Crippen LogP contribution in [0.25, 0.3) is 0 Å². The highest BCUT2D eigenvalue weighted by atomic mass is 16.2. The molecule has 3 rings (SSSR count). The first-order valence-electron chi connectivity index (χ1n) is 6.62. The highest BCUT2D eigenvalue weighted by molar-refractivity contribution is 6.05. The molecule has 0 atom stereocenters. The predicted molar refractivity (Wildman–Crippen MR) is 74.9 cm³/mol. The second-order valence-corrected chi connectivity index (χ2v) is 4.98. The zero-order valence-corrected chi connectivity index (χ0v) is 11.2. The Balaban J connectivity index is 1.81. The molecule has 0 spiro atoms. The third-order valence-corrected chi connectivity index (χ3v) is 3.38. The van der Waals surface area contributed by atoms with Gasteiger partial charge in [-0.15, -0.1) is 0 Å². The van der Waals surface area contributed by atoms with Crippen molar-refractivity contribution < 1.29 is 9.59 Å². The van der Waals surface area contributed by atoms with Crippen LogP contribution in [0.5, 0.6) is 0 Å². The van der Waals surface area contributed by atoms with Crippen LogP contribution in [0.2, 0.25) is 0 Å². The Morgan fingerprint density at radius 3 is 2.75 bits per heavy atom. The van der Waals surface area contributed by atoms with E-state index in [1.165, 1.54) is 0 Å². The highest BCUT2D eigenvalue weighted by Gasteiger charge is 2.22. The number of hydrogen-bond acceptors (Lipinski definition) is 3. The molecule has 1 amide bonds. The summed E-state index contributed by atoms with van der Waals surface area (Å²) in [6.45, 7) is 2.68. The van der Waals surface area contributed by atoms with E-state index >= 15 is 0 Å². The summed E-state index contributed by atoms with van der Waals surface area (Å²) in [6.07, 6.45) is 1.32. The number of carbonyl (C=O) groups excluding carboxylic acids is 2. The zero-order chi connectivity index (χ0) is 14.1. The zero-order valence-electron chi connectivity index (χ0n) is 11.2. The lowest BCUT2D eigenvalue weighted by molar-refractivity contribution is 0.0950. The Morgan fingerprint density at radius 2 is 2.05 bits per heavy atom. The molecule has 1 aromatic carbocycles. The molecule has 0 saturated carbocycles. The summed E-state index contributed by atoms with van der Waals surface area (Å²) in [7, 11) is 0. The van der Waals surface area contributed by atoms with Crippen molar-refractivity contribution in [1.29, 1.82) is 0 Å². The number of nitrogens with one attached hydrogen (secondary N) is 1. The molecule has 102 valence electrons. The van der Waals surface area contributed by atoms with Gasteiger partial charge in [-0.25, -0.2) is 0 Å². The Morgan fingerprint density at radius 1 is 1.30 bits per heavy atom. The van der Waals surface area contributed by atoms with Crippen molar-refractivity contribution in [2.45, 2.75) is 26.3 Å². The van der Waals surface area contributed by atoms with Crippen LogP contribution < -0.4 is 5.32 Å². The van der Waals surface area contributed by atoms with Gasteiger partial charge < -0.3 is 5.32 Å². The minimum absolute atomic E-state index is 0.0538. The second kappa shape index (κ2) is 4.92. The van der Waals surface area contributed by atoms with E-state index in [-0.39, 0.29) is 17.4 Å². The number of carbonyl (C=O) groups is 2. The number of hydrogen-bond donors (Lipinski definition) is 1. The van der Waals surface area contributed by atoms with E-state index in [2.05, 4.69) is 10.4 Å². The fraction of sp³-hybridized carbons (Fsp3) is 0.267. The summed E-state index contributed by atoms with van der Waals surface area (Å²) in [4.78, 5) is 23.8. The average molecular weight is 269 g/mol. The van der Waals surface area contributed by atoms with E-state index in [1.54, 1.807) is 10.7 Å². The lowest BCUT2D eigenvalue weighted by atomic mass is 10.1. The third-order valence-electron chi connectivity index (χ3n) is 3.38. The van der Waals surface area contributed by atoms with Gasteiger partial charge in [0.1, 0.15) is 5.69 Å². The van der Waals surface area contributed by atoms with Gasteiger partial charge in [-0.1, -0.05) is 17.7 Å². The Kier molecular flexibility index (Phi) is 3.10. The number of nitrogens with zero attached hydrogens (tertiary/aromatic N) is 2. The summed E-state index contributed by atoms with van der Waals surface area (Å²) in [5.41, 5.74) is 2.67. The molecule has 0 radical (unpaired) electrons. The smallest absolute Gasteiger partial charge is 0.276 e. The van der Waals surface area contributed by atoms with E-state index < -0.39 is 0 Å². The number of fused-ring (bicyclic) bond motifs is 1. The molecule has 1 aliphatic rings. The third kappa shape index (κ3) is 2.34. The summed E-state index contributed by atoms with van der Waals surface area (Å²) in [5, 5.41) is 6.98. The van der Waals surface area contributed by atoms with Gasteiger partial charge >= 0.3 is 0 Å². The van der Waals surface area contributed by atoms with Crippen molar-refractivity contribution in [1.82, 2.24) is 9.78 Å². The van der Waals surface area contributed by atoms with Gasteiger partial charge in [0.25, 0.3) is 5.91 Å². The average Bonchev–Trinajstić information content (AvgIpc) is 2.87. The Labute approximate surface area is 116 Å². The molecule has 5 heteroatoms. The summed E-state index contributed by atoms with van der Waals surface area (Å²) in [6, 6.07) is 9.11. The lowest BCUT2D eigenvalue weighted by Crippen LogP contribution is -2.17. The summed E-state index contributed by atoms with van der Waals surface area (Å²) in [5.74, 6) is -0.235. The van der Waals surface area contributed by atoms with E-state index in [4.69, 9.17) is 0 Å². The normalized spacial score (nSPS) is 13.9. The fourth-order valence-corrected chi connectivity index (χ4v) is 2.27. The number of benzene rings is 1. The van der Waals surface area contributed by atoms with Crippen molar-refractivity contribution in [2.75, 3.05) is 5.32 Å². The molecule has 1 aromatic heterocycles. The quantitative estimate of drug-likeness (QED) is 0.910. The maximum absolute atomic E-state index is 12.1. The first-order valence-corrected chi connectivity index (χ1v) is 6.62. The van der Waals surface area contributed by atoms with Gasteiger partial charge in [-0.2, -0.15) is 5.10 Å². The topological polar surface area (TPSA) is 64.0 Å². The van der Waals surface area contributed by atoms with Crippen LogP contribution in [0.3, 0.4) is 0 Å². The monoisotopic (exact) mass is 269 g/mol. The van der Waals surface area contributed by atoms with Crippen LogP contribution >= 0.6 is 0 Å². The van der Waals surface area contributed by atoms with Crippen LogP contribution in [0.4, 0.5) is 5.69 Å². The molecular formula is C15H15N3O2. The lowest BCUT2D eigenvalue weighted by Gasteiger charge is -2.10. The maximum Gasteiger partial charge on any atom is 0.276 e. The number of aryl methyl sites for hydroxylation is 2. The number of anilines is 1. The highest BCUT2D eigenvalue weighted by Crippen LogP contribution is 2.16. The molecule has 0 unspecified atom stereocenters.